The minimum atomic E-state index is -0.519. The smallest absolute Gasteiger partial charge is 0.191 e. The maximum absolute atomic E-state index is 14.0. The van der Waals surface area contributed by atoms with Gasteiger partial charge >= 0.3 is 0 Å². The average molecular weight is 442 g/mol. The van der Waals surface area contributed by atoms with Crippen LogP contribution in [0.2, 0.25) is 10.0 Å². The molecule has 0 spiro atoms. The molecule has 0 bridgehead atoms. The van der Waals surface area contributed by atoms with E-state index in [0.717, 1.165) is 0 Å². The minimum Gasteiger partial charge on any atom is -0.486 e. The molecule has 0 N–H and O–H groups in total. The monoisotopic (exact) mass is 441 g/mol. The van der Waals surface area contributed by atoms with Crippen LogP contribution >= 0.6 is 35.0 Å². The number of hydrogen-bond acceptors (Lipinski definition) is 4. The molecular formula is C19H15Cl2F2N3OS. The summed E-state index contributed by atoms with van der Waals surface area (Å²) < 4.78 is 34.6. The van der Waals surface area contributed by atoms with Crippen molar-refractivity contribution >= 4 is 35.0 Å². The molecule has 1 aromatic heterocycles. The van der Waals surface area contributed by atoms with Crippen molar-refractivity contribution in [2.75, 3.05) is 0 Å². The molecule has 1 heterocycles. The van der Waals surface area contributed by atoms with E-state index < -0.39 is 5.82 Å². The van der Waals surface area contributed by atoms with Gasteiger partial charge in [-0.25, -0.2) is 8.78 Å². The van der Waals surface area contributed by atoms with Crippen molar-refractivity contribution in [3.05, 3.63) is 82.1 Å². The van der Waals surface area contributed by atoms with Crippen LogP contribution in [-0.4, -0.2) is 14.8 Å². The standard InChI is InChI=1S/C19H15Cl2F2N3OS/c1-2-8-26-18(10-27-12-6-7-17(23)15(21)9-12)24-25-19(26)28-11-13-14(20)4-3-5-16(13)22/h2-7,9H,1,8,10-11H2. The molecule has 0 aliphatic carbocycles. The number of halogens is 4. The molecule has 28 heavy (non-hydrogen) atoms. The largest absolute Gasteiger partial charge is 0.486 e. The molecule has 0 aliphatic rings. The van der Waals surface area contributed by atoms with Crippen LogP contribution in [0.4, 0.5) is 8.78 Å². The molecule has 0 amide bonds. The third kappa shape index (κ3) is 4.84. The summed E-state index contributed by atoms with van der Waals surface area (Å²) in [5.74, 6) is 0.366. The zero-order valence-electron chi connectivity index (χ0n) is 14.5. The Hall–Kier alpha value is -2.09. The van der Waals surface area contributed by atoms with Crippen LogP contribution in [0.5, 0.6) is 5.75 Å². The van der Waals surface area contributed by atoms with E-state index in [1.807, 2.05) is 0 Å². The van der Waals surface area contributed by atoms with Gasteiger partial charge < -0.3 is 4.74 Å². The lowest BCUT2D eigenvalue weighted by Gasteiger charge is -2.10. The summed E-state index contributed by atoms with van der Waals surface area (Å²) in [5, 5.41) is 9.20. The third-order valence-corrected chi connectivity index (χ3v) is 5.41. The van der Waals surface area contributed by atoms with E-state index >= 15 is 0 Å². The molecule has 0 aliphatic heterocycles. The molecule has 0 saturated carbocycles. The Labute approximate surface area is 175 Å². The quantitative estimate of drug-likeness (QED) is 0.321. The summed E-state index contributed by atoms with van der Waals surface area (Å²) in [7, 11) is 0. The van der Waals surface area contributed by atoms with E-state index in [-0.39, 0.29) is 17.4 Å². The number of ether oxygens (including phenoxy) is 1. The minimum absolute atomic E-state index is 0.0249. The van der Waals surface area contributed by atoms with E-state index in [2.05, 4.69) is 16.8 Å². The number of nitrogens with zero attached hydrogens (tertiary/aromatic N) is 3. The first kappa shape index (κ1) is 20.6. The molecule has 4 nitrogen and oxygen atoms in total. The van der Waals surface area contributed by atoms with Crippen LogP contribution in [0.15, 0.2) is 54.2 Å². The lowest BCUT2D eigenvalue weighted by atomic mass is 10.2. The Morgan fingerprint density at radius 3 is 2.64 bits per heavy atom. The highest BCUT2D eigenvalue weighted by atomic mass is 35.5. The lowest BCUT2D eigenvalue weighted by molar-refractivity contribution is 0.288. The molecule has 146 valence electrons. The summed E-state index contributed by atoms with van der Waals surface area (Å²) >= 11 is 13.1. The van der Waals surface area contributed by atoms with Gasteiger partial charge in [-0.3, -0.25) is 4.57 Å². The fourth-order valence-corrected chi connectivity index (χ4v) is 3.85. The summed E-state index contributed by atoms with van der Waals surface area (Å²) in [6, 6.07) is 8.66. The zero-order valence-corrected chi connectivity index (χ0v) is 16.9. The summed E-state index contributed by atoms with van der Waals surface area (Å²) in [6.45, 7) is 4.29. The van der Waals surface area contributed by atoms with Gasteiger partial charge in [-0.05, 0) is 24.3 Å². The average Bonchev–Trinajstić information content (AvgIpc) is 3.04. The predicted molar refractivity (Wildman–Crippen MR) is 107 cm³/mol. The van der Waals surface area contributed by atoms with Gasteiger partial charge in [0.15, 0.2) is 11.0 Å². The summed E-state index contributed by atoms with van der Waals surface area (Å²) in [4.78, 5) is 0. The molecule has 9 heteroatoms. The Morgan fingerprint density at radius 2 is 1.93 bits per heavy atom. The first-order valence-corrected chi connectivity index (χ1v) is 9.90. The Balaban J connectivity index is 1.73. The van der Waals surface area contributed by atoms with E-state index in [0.29, 0.717) is 39.6 Å². The van der Waals surface area contributed by atoms with Gasteiger partial charge in [0, 0.05) is 29.0 Å². The van der Waals surface area contributed by atoms with Crippen LogP contribution in [0, 0.1) is 11.6 Å². The molecule has 0 unspecified atom stereocenters. The fourth-order valence-electron chi connectivity index (χ4n) is 2.37. The second-order valence-corrected chi connectivity index (χ2v) is 7.41. The molecule has 0 saturated heterocycles. The highest BCUT2D eigenvalue weighted by Crippen LogP contribution is 2.28. The van der Waals surface area contributed by atoms with Crippen LogP contribution in [-0.2, 0) is 18.9 Å². The van der Waals surface area contributed by atoms with Gasteiger partial charge in [-0.2, -0.15) is 0 Å². The van der Waals surface area contributed by atoms with Crippen molar-refractivity contribution < 1.29 is 13.5 Å². The van der Waals surface area contributed by atoms with Crippen molar-refractivity contribution in [1.29, 1.82) is 0 Å². The highest BCUT2D eigenvalue weighted by Gasteiger charge is 2.15. The van der Waals surface area contributed by atoms with E-state index in [4.69, 9.17) is 27.9 Å². The maximum Gasteiger partial charge on any atom is 0.191 e. The van der Waals surface area contributed by atoms with Gasteiger partial charge in [0.1, 0.15) is 24.0 Å². The number of hydrogen-bond donors (Lipinski definition) is 0. The SMILES string of the molecule is C=CCn1c(COc2ccc(F)c(Cl)c2)nnc1SCc1c(F)cccc1Cl. The fraction of sp³-hybridized carbons (Fsp3) is 0.158. The van der Waals surface area contributed by atoms with Crippen LogP contribution in [0.25, 0.3) is 0 Å². The van der Waals surface area contributed by atoms with Crippen LogP contribution in [0.3, 0.4) is 0 Å². The Morgan fingerprint density at radius 1 is 1.11 bits per heavy atom. The van der Waals surface area contributed by atoms with Crippen molar-refractivity contribution in [3.63, 3.8) is 0 Å². The molecule has 3 aromatic rings. The number of allylic oxidation sites excluding steroid dienone is 1. The van der Waals surface area contributed by atoms with Gasteiger partial charge in [0.2, 0.25) is 0 Å². The first-order chi connectivity index (χ1) is 13.5. The number of thioether (sulfide) groups is 1. The van der Waals surface area contributed by atoms with E-state index in [9.17, 15) is 8.78 Å². The van der Waals surface area contributed by atoms with Gasteiger partial charge in [0.25, 0.3) is 0 Å². The number of aromatic nitrogens is 3. The van der Waals surface area contributed by atoms with E-state index in [1.54, 1.807) is 22.8 Å². The molecule has 0 atom stereocenters. The molecule has 0 radical (unpaired) electrons. The zero-order chi connectivity index (χ0) is 20.1. The molecule has 0 fully saturated rings. The molecule has 3 rings (SSSR count). The maximum atomic E-state index is 14.0. The van der Waals surface area contributed by atoms with Crippen LogP contribution in [0.1, 0.15) is 11.4 Å². The second kappa shape index (κ2) is 9.41. The van der Waals surface area contributed by atoms with Gasteiger partial charge in [-0.15, -0.1) is 16.8 Å². The van der Waals surface area contributed by atoms with Crippen LogP contribution < -0.4 is 4.74 Å². The summed E-state index contributed by atoms with van der Waals surface area (Å²) in [5.41, 5.74) is 0.404. The van der Waals surface area contributed by atoms with Crippen molar-refractivity contribution in [2.45, 2.75) is 24.1 Å². The van der Waals surface area contributed by atoms with Crippen molar-refractivity contribution in [1.82, 2.24) is 14.8 Å². The van der Waals surface area contributed by atoms with E-state index in [1.165, 1.54) is 36.0 Å². The van der Waals surface area contributed by atoms with Gasteiger partial charge in [-0.1, -0.05) is 47.1 Å². The Bertz CT molecular complexity index is 977. The molecular weight excluding hydrogens is 427 g/mol. The topological polar surface area (TPSA) is 39.9 Å². The first-order valence-electron chi connectivity index (χ1n) is 8.16. The highest BCUT2D eigenvalue weighted by molar-refractivity contribution is 7.98. The predicted octanol–water partition coefficient (Wildman–Crippen LogP) is 5.92. The molecule has 2 aromatic carbocycles. The van der Waals surface area contributed by atoms with Crippen molar-refractivity contribution in [2.24, 2.45) is 0 Å². The normalized spacial score (nSPS) is 10.9. The second-order valence-electron chi connectivity index (χ2n) is 5.65. The lowest BCUT2D eigenvalue weighted by Crippen LogP contribution is -2.07. The Kier molecular flexibility index (Phi) is 6.93. The van der Waals surface area contributed by atoms with Gasteiger partial charge in [0.05, 0.1) is 5.02 Å². The third-order valence-electron chi connectivity index (χ3n) is 3.77. The summed E-state index contributed by atoms with van der Waals surface area (Å²) in [6.07, 6.45) is 1.70. The number of benzene rings is 2. The van der Waals surface area contributed by atoms with Crippen molar-refractivity contribution in [3.8, 4) is 5.75 Å². The number of rotatable bonds is 8.